The maximum absolute atomic E-state index is 12.3. The first-order valence-corrected chi connectivity index (χ1v) is 8.79. The van der Waals surface area contributed by atoms with Gasteiger partial charge in [-0.1, -0.05) is 6.07 Å². The van der Waals surface area contributed by atoms with E-state index in [1.807, 2.05) is 29.3 Å². The Morgan fingerprint density at radius 2 is 2.00 bits per heavy atom. The lowest BCUT2D eigenvalue weighted by Crippen LogP contribution is -2.38. The van der Waals surface area contributed by atoms with Crippen molar-refractivity contribution in [3.8, 4) is 5.75 Å². The second kappa shape index (κ2) is 7.51. The van der Waals surface area contributed by atoms with Crippen molar-refractivity contribution < 1.29 is 23.0 Å². The summed E-state index contributed by atoms with van der Waals surface area (Å²) in [5.74, 6) is -0.275. The Bertz CT molecular complexity index is 786. The van der Waals surface area contributed by atoms with Crippen LogP contribution in [-0.4, -0.2) is 35.2 Å². The molecule has 4 nitrogen and oxygen atoms in total. The number of aliphatic hydroxyl groups is 1. The van der Waals surface area contributed by atoms with Crippen LogP contribution in [0, 0.1) is 0 Å². The third-order valence-corrected chi connectivity index (χ3v) is 4.83. The Morgan fingerprint density at radius 1 is 1.27 bits per heavy atom. The molecule has 1 aromatic carbocycles. The van der Waals surface area contributed by atoms with Crippen LogP contribution >= 0.6 is 11.3 Å². The van der Waals surface area contributed by atoms with E-state index in [0.717, 1.165) is 10.6 Å². The van der Waals surface area contributed by atoms with E-state index in [-0.39, 0.29) is 24.6 Å². The maximum atomic E-state index is 12.3. The van der Waals surface area contributed by atoms with Crippen molar-refractivity contribution in [2.75, 3.05) is 6.61 Å². The van der Waals surface area contributed by atoms with Gasteiger partial charge in [-0.25, -0.2) is 0 Å². The average molecular weight is 382 g/mol. The monoisotopic (exact) mass is 382 g/mol. The molecule has 0 radical (unpaired) electrons. The van der Waals surface area contributed by atoms with Gasteiger partial charge in [0, 0.05) is 16.8 Å². The Labute approximate surface area is 152 Å². The number of alkyl halides is 3. The molecule has 3 rings (SSSR count). The van der Waals surface area contributed by atoms with E-state index in [2.05, 4.69) is 9.73 Å². The quantitative estimate of drug-likeness (QED) is 0.831. The minimum atomic E-state index is -4.72. The van der Waals surface area contributed by atoms with Crippen LogP contribution in [0.25, 0.3) is 5.70 Å². The summed E-state index contributed by atoms with van der Waals surface area (Å²) in [5.41, 5.74) is 1.49. The lowest BCUT2D eigenvalue weighted by molar-refractivity contribution is -0.274. The fourth-order valence-electron chi connectivity index (χ4n) is 2.77. The number of allylic oxidation sites excluding steroid dienone is 1. The zero-order chi connectivity index (χ0) is 18.7. The summed E-state index contributed by atoms with van der Waals surface area (Å²) in [6.45, 7) is 1.79. The van der Waals surface area contributed by atoms with Crippen molar-refractivity contribution in [1.82, 2.24) is 4.90 Å². The predicted molar refractivity (Wildman–Crippen MR) is 95.0 cm³/mol. The maximum Gasteiger partial charge on any atom is 0.573 e. The summed E-state index contributed by atoms with van der Waals surface area (Å²) >= 11 is 1.56. The third-order valence-electron chi connectivity index (χ3n) is 3.92. The molecule has 1 unspecified atom stereocenters. The smallest absolute Gasteiger partial charge is 0.406 e. The second-order valence-corrected chi connectivity index (χ2v) is 6.73. The van der Waals surface area contributed by atoms with Crippen molar-refractivity contribution in [2.24, 2.45) is 4.99 Å². The molecule has 0 amide bonds. The molecule has 0 bridgehead atoms. The highest BCUT2D eigenvalue weighted by molar-refractivity contribution is 7.10. The van der Waals surface area contributed by atoms with Gasteiger partial charge in [0.2, 0.25) is 0 Å². The predicted octanol–water partition coefficient (Wildman–Crippen LogP) is 4.45. The summed E-state index contributed by atoms with van der Waals surface area (Å²) in [6.07, 6.45) is -1.54. The molecule has 1 aromatic heterocycles. The van der Waals surface area contributed by atoms with Gasteiger partial charge in [0.15, 0.2) is 6.17 Å². The van der Waals surface area contributed by atoms with Gasteiger partial charge in [-0.05, 0) is 54.3 Å². The highest BCUT2D eigenvalue weighted by Crippen LogP contribution is 2.37. The van der Waals surface area contributed by atoms with Crippen molar-refractivity contribution in [3.05, 3.63) is 58.3 Å². The van der Waals surface area contributed by atoms with Crippen LogP contribution in [0.3, 0.4) is 0 Å². The summed E-state index contributed by atoms with van der Waals surface area (Å²) < 4.78 is 40.9. The molecule has 138 valence electrons. The van der Waals surface area contributed by atoms with Gasteiger partial charge in [-0.3, -0.25) is 4.99 Å². The van der Waals surface area contributed by atoms with E-state index in [1.54, 1.807) is 35.8 Å². The molecule has 0 saturated heterocycles. The highest BCUT2D eigenvalue weighted by Gasteiger charge is 2.32. The molecule has 0 aliphatic carbocycles. The SMILES string of the molecule is C[C@@H](CO)N1C(c2ccc(OC(F)(F)F)cc2)=CC=NC1c1cccs1. The van der Waals surface area contributed by atoms with Crippen LogP contribution in [0.4, 0.5) is 13.2 Å². The van der Waals surface area contributed by atoms with Gasteiger partial charge in [0.05, 0.1) is 12.6 Å². The topological polar surface area (TPSA) is 45.1 Å². The zero-order valence-corrected chi connectivity index (χ0v) is 14.7. The van der Waals surface area contributed by atoms with Gasteiger partial charge in [0.25, 0.3) is 0 Å². The molecular formula is C18H17F3N2O2S. The van der Waals surface area contributed by atoms with Crippen LogP contribution in [0.2, 0.25) is 0 Å². The Hall–Kier alpha value is -2.32. The lowest BCUT2D eigenvalue weighted by Gasteiger charge is -2.38. The Kier molecular flexibility index (Phi) is 5.33. The molecule has 1 N–H and O–H groups in total. The average Bonchev–Trinajstić information content (AvgIpc) is 3.14. The molecule has 0 saturated carbocycles. The van der Waals surface area contributed by atoms with Gasteiger partial charge in [0.1, 0.15) is 5.75 Å². The number of hydrogen-bond acceptors (Lipinski definition) is 5. The van der Waals surface area contributed by atoms with Crippen molar-refractivity contribution in [3.63, 3.8) is 0 Å². The number of hydrogen-bond donors (Lipinski definition) is 1. The number of halogens is 3. The zero-order valence-electron chi connectivity index (χ0n) is 13.8. The third kappa shape index (κ3) is 4.08. The molecule has 0 fully saturated rings. The molecule has 8 heteroatoms. The number of benzene rings is 1. The highest BCUT2D eigenvalue weighted by atomic mass is 32.1. The van der Waals surface area contributed by atoms with E-state index in [4.69, 9.17) is 0 Å². The normalized spacial score (nSPS) is 18.6. The van der Waals surface area contributed by atoms with Crippen LogP contribution in [0.1, 0.15) is 23.5 Å². The molecule has 2 atom stereocenters. The minimum absolute atomic E-state index is 0.0794. The number of aliphatic hydroxyl groups excluding tert-OH is 1. The first kappa shape index (κ1) is 18.5. The number of rotatable bonds is 5. The Balaban J connectivity index is 1.91. The fourth-order valence-corrected chi connectivity index (χ4v) is 3.54. The summed E-state index contributed by atoms with van der Waals surface area (Å²) in [5, 5.41) is 11.6. The second-order valence-electron chi connectivity index (χ2n) is 5.75. The van der Waals surface area contributed by atoms with E-state index >= 15 is 0 Å². The molecule has 26 heavy (non-hydrogen) atoms. The minimum Gasteiger partial charge on any atom is -0.406 e. The molecule has 1 aliphatic heterocycles. The standard InChI is InChI=1S/C18H17F3N2O2S/c1-12(11-24)23-15(8-9-22-17(23)16-3-2-10-26-16)13-4-6-14(7-5-13)25-18(19,20)21/h2-10,12,17,24H,11H2,1H3/t12-,17?/m0/s1. The van der Waals surface area contributed by atoms with E-state index in [1.165, 1.54) is 12.1 Å². The first-order valence-electron chi connectivity index (χ1n) is 7.91. The summed E-state index contributed by atoms with van der Waals surface area (Å²) in [4.78, 5) is 7.50. The Morgan fingerprint density at radius 3 is 2.58 bits per heavy atom. The lowest BCUT2D eigenvalue weighted by atomic mass is 10.1. The van der Waals surface area contributed by atoms with E-state index < -0.39 is 6.36 Å². The van der Waals surface area contributed by atoms with Gasteiger partial charge in [-0.15, -0.1) is 24.5 Å². The van der Waals surface area contributed by atoms with Crippen molar-refractivity contribution in [1.29, 1.82) is 0 Å². The first-order chi connectivity index (χ1) is 12.4. The van der Waals surface area contributed by atoms with E-state index in [9.17, 15) is 18.3 Å². The number of aliphatic imine (C=N–C) groups is 1. The molecule has 2 heterocycles. The van der Waals surface area contributed by atoms with Crippen molar-refractivity contribution >= 4 is 23.2 Å². The molecule has 1 aliphatic rings. The van der Waals surface area contributed by atoms with Gasteiger partial charge in [-0.2, -0.15) is 0 Å². The van der Waals surface area contributed by atoms with Crippen LogP contribution in [0.15, 0.2) is 52.8 Å². The molecule has 2 aromatic rings. The van der Waals surface area contributed by atoms with Crippen LogP contribution in [0.5, 0.6) is 5.75 Å². The van der Waals surface area contributed by atoms with Crippen LogP contribution in [-0.2, 0) is 0 Å². The van der Waals surface area contributed by atoms with E-state index in [0.29, 0.717) is 5.56 Å². The number of ether oxygens (including phenoxy) is 1. The van der Waals surface area contributed by atoms with Gasteiger partial charge < -0.3 is 14.7 Å². The largest absolute Gasteiger partial charge is 0.573 e. The van der Waals surface area contributed by atoms with Gasteiger partial charge >= 0.3 is 6.36 Å². The fraction of sp³-hybridized carbons (Fsp3) is 0.278. The molecular weight excluding hydrogens is 365 g/mol. The summed E-state index contributed by atoms with van der Waals surface area (Å²) in [7, 11) is 0. The number of thiophene rings is 1. The molecule has 0 spiro atoms. The van der Waals surface area contributed by atoms with Crippen molar-refractivity contribution in [2.45, 2.75) is 25.5 Å². The number of nitrogens with zero attached hydrogens (tertiary/aromatic N) is 2. The summed E-state index contributed by atoms with van der Waals surface area (Å²) in [6, 6.07) is 9.35. The van der Waals surface area contributed by atoms with Crippen LogP contribution < -0.4 is 4.74 Å².